The zero-order valence-corrected chi connectivity index (χ0v) is 14.0. The number of sulfone groups is 1. The van der Waals surface area contributed by atoms with Crippen LogP contribution in [0.2, 0.25) is 0 Å². The number of hydrogen-bond acceptors (Lipinski definition) is 3. The molecule has 2 rings (SSSR count). The van der Waals surface area contributed by atoms with Crippen LogP contribution < -0.4 is 5.32 Å². The fraction of sp³-hybridized carbons (Fsp3) is 0.647. The Bertz CT molecular complexity index is 536. The van der Waals surface area contributed by atoms with Crippen LogP contribution in [-0.4, -0.2) is 32.5 Å². The molecule has 1 saturated heterocycles. The number of hydrogen-bond donors (Lipinski definition) is 1. The van der Waals surface area contributed by atoms with Gasteiger partial charge < -0.3 is 5.32 Å². The van der Waals surface area contributed by atoms with Gasteiger partial charge in [-0.1, -0.05) is 38.1 Å². The van der Waals surface area contributed by atoms with E-state index in [0.29, 0.717) is 11.5 Å². The molecule has 21 heavy (non-hydrogen) atoms. The first kappa shape index (κ1) is 16.5. The van der Waals surface area contributed by atoms with Crippen molar-refractivity contribution < 1.29 is 8.42 Å². The van der Waals surface area contributed by atoms with E-state index in [-0.39, 0.29) is 12.0 Å². The molecule has 4 heteroatoms. The van der Waals surface area contributed by atoms with Crippen LogP contribution in [0.25, 0.3) is 0 Å². The summed E-state index contributed by atoms with van der Waals surface area (Å²) in [5.41, 5.74) is 2.64. The van der Waals surface area contributed by atoms with E-state index in [1.165, 1.54) is 11.1 Å². The van der Waals surface area contributed by atoms with Crippen LogP contribution in [0.3, 0.4) is 0 Å². The Morgan fingerprint density at radius 2 is 1.86 bits per heavy atom. The van der Waals surface area contributed by atoms with Crippen molar-refractivity contribution in [3.8, 4) is 0 Å². The summed E-state index contributed by atoms with van der Waals surface area (Å²) in [6.07, 6.45) is 3.85. The van der Waals surface area contributed by atoms with E-state index in [1.54, 1.807) is 0 Å². The molecule has 1 aliphatic rings. The van der Waals surface area contributed by atoms with Crippen LogP contribution in [0.15, 0.2) is 24.3 Å². The minimum absolute atomic E-state index is 0.257. The second-order valence-electron chi connectivity index (χ2n) is 6.10. The van der Waals surface area contributed by atoms with Crippen molar-refractivity contribution in [2.75, 3.05) is 18.1 Å². The first-order chi connectivity index (χ1) is 10.0. The van der Waals surface area contributed by atoms with Crippen molar-refractivity contribution in [3.05, 3.63) is 35.4 Å². The van der Waals surface area contributed by atoms with Gasteiger partial charge >= 0.3 is 0 Å². The topological polar surface area (TPSA) is 46.2 Å². The molecule has 0 spiro atoms. The monoisotopic (exact) mass is 309 g/mol. The Labute approximate surface area is 129 Å². The van der Waals surface area contributed by atoms with Crippen LogP contribution in [0.4, 0.5) is 0 Å². The first-order valence-electron chi connectivity index (χ1n) is 8.05. The van der Waals surface area contributed by atoms with Crippen LogP contribution >= 0.6 is 0 Å². The van der Waals surface area contributed by atoms with E-state index < -0.39 is 9.84 Å². The number of aryl methyl sites for hydroxylation is 1. The normalized spacial score (nSPS) is 22.3. The van der Waals surface area contributed by atoms with Gasteiger partial charge in [-0.25, -0.2) is 8.42 Å². The first-order valence-corrected chi connectivity index (χ1v) is 9.88. The van der Waals surface area contributed by atoms with Crippen LogP contribution in [0, 0.1) is 5.92 Å². The molecule has 0 saturated carbocycles. The quantitative estimate of drug-likeness (QED) is 0.842. The van der Waals surface area contributed by atoms with Gasteiger partial charge in [0.2, 0.25) is 0 Å². The van der Waals surface area contributed by atoms with Crippen LogP contribution in [0.1, 0.15) is 37.8 Å². The van der Waals surface area contributed by atoms with Crippen molar-refractivity contribution in [1.29, 1.82) is 0 Å². The lowest BCUT2D eigenvalue weighted by atomic mass is 9.92. The van der Waals surface area contributed by atoms with Crippen molar-refractivity contribution in [1.82, 2.24) is 5.32 Å². The van der Waals surface area contributed by atoms with E-state index in [9.17, 15) is 8.42 Å². The van der Waals surface area contributed by atoms with Crippen molar-refractivity contribution in [3.63, 3.8) is 0 Å². The highest BCUT2D eigenvalue weighted by atomic mass is 32.2. The summed E-state index contributed by atoms with van der Waals surface area (Å²) in [6, 6.07) is 9.00. The fourth-order valence-electron chi connectivity index (χ4n) is 3.04. The third-order valence-electron chi connectivity index (χ3n) is 4.38. The minimum atomic E-state index is -2.81. The maximum Gasteiger partial charge on any atom is 0.150 e. The predicted octanol–water partition coefficient (Wildman–Crippen LogP) is 2.59. The number of rotatable bonds is 7. The summed E-state index contributed by atoms with van der Waals surface area (Å²) >= 11 is 0. The summed E-state index contributed by atoms with van der Waals surface area (Å²) < 4.78 is 23.5. The largest absolute Gasteiger partial charge is 0.313 e. The highest BCUT2D eigenvalue weighted by Gasteiger charge is 2.33. The third kappa shape index (κ3) is 4.82. The summed E-state index contributed by atoms with van der Waals surface area (Å²) in [5, 5.41) is 3.56. The van der Waals surface area contributed by atoms with Gasteiger partial charge in [0.15, 0.2) is 9.84 Å². The SMILES string of the molecule is CCCNC(Cc1ccc(CC)cc1)C1CCS(=O)(=O)C1. The molecule has 2 atom stereocenters. The van der Waals surface area contributed by atoms with Gasteiger partial charge in [-0.05, 0) is 49.3 Å². The van der Waals surface area contributed by atoms with E-state index in [0.717, 1.165) is 32.2 Å². The molecule has 1 N–H and O–H groups in total. The van der Waals surface area contributed by atoms with Gasteiger partial charge in [0.25, 0.3) is 0 Å². The summed E-state index contributed by atoms with van der Waals surface area (Å²) in [4.78, 5) is 0. The molecule has 0 radical (unpaired) electrons. The Kier molecular flexibility index (Phi) is 5.82. The maximum absolute atomic E-state index is 11.7. The fourth-order valence-corrected chi connectivity index (χ4v) is 4.92. The molecule has 0 amide bonds. The molecule has 1 aliphatic heterocycles. The predicted molar refractivity (Wildman–Crippen MR) is 88.4 cm³/mol. The zero-order valence-electron chi connectivity index (χ0n) is 13.1. The molecule has 1 heterocycles. The van der Waals surface area contributed by atoms with Gasteiger partial charge in [0, 0.05) is 6.04 Å². The molecule has 2 unspecified atom stereocenters. The Hall–Kier alpha value is -0.870. The summed E-state index contributed by atoms with van der Waals surface area (Å²) in [6.45, 7) is 5.25. The molecule has 0 aromatic heterocycles. The average Bonchev–Trinajstić information content (AvgIpc) is 2.84. The molecular formula is C17H27NO2S. The second kappa shape index (κ2) is 7.41. The highest BCUT2D eigenvalue weighted by Crippen LogP contribution is 2.24. The molecule has 3 nitrogen and oxygen atoms in total. The smallest absolute Gasteiger partial charge is 0.150 e. The van der Waals surface area contributed by atoms with Gasteiger partial charge in [0.1, 0.15) is 0 Å². The minimum Gasteiger partial charge on any atom is -0.313 e. The lowest BCUT2D eigenvalue weighted by molar-refractivity contribution is 0.379. The van der Waals surface area contributed by atoms with Gasteiger partial charge in [-0.15, -0.1) is 0 Å². The lowest BCUT2D eigenvalue weighted by Crippen LogP contribution is -2.39. The van der Waals surface area contributed by atoms with Crippen molar-refractivity contribution in [2.45, 2.75) is 45.6 Å². The van der Waals surface area contributed by atoms with Gasteiger partial charge in [-0.3, -0.25) is 0 Å². The molecule has 1 aromatic carbocycles. The van der Waals surface area contributed by atoms with Gasteiger partial charge in [0.05, 0.1) is 11.5 Å². The maximum atomic E-state index is 11.7. The molecule has 118 valence electrons. The van der Waals surface area contributed by atoms with E-state index >= 15 is 0 Å². The zero-order chi connectivity index (χ0) is 15.3. The molecule has 1 fully saturated rings. The highest BCUT2D eigenvalue weighted by molar-refractivity contribution is 7.91. The Balaban J connectivity index is 2.05. The van der Waals surface area contributed by atoms with Crippen LogP contribution in [-0.2, 0) is 22.7 Å². The van der Waals surface area contributed by atoms with Gasteiger partial charge in [-0.2, -0.15) is 0 Å². The Morgan fingerprint density at radius 3 is 2.38 bits per heavy atom. The van der Waals surface area contributed by atoms with Crippen LogP contribution in [0.5, 0.6) is 0 Å². The molecule has 1 aromatic rings. The average molecular weight is 309 g/mol. The van der Waals surface area contributed by atoms with E-state index in [4.69, 9.17) is 0 Å². The molecular weight excluding hydrogens is 282 g/mol. The van der Waals surface area contributed by atoms with E-state index in [2.05, 4.69) is 43.4 Å². The molecule has 0 aliphatic carbocycles. The number of nitrogens with one attached hydrogen (secondary N) is 1. The second-order valence-corrected chi connectivity index (χ2v) is 8.33. The van der Waals surface area contributed by atoms with E-state index in [1.807, 2.05) is 0 Å². The standard InChI is InChI=1S/C17H27NO2S/c1-3-10-18-17(16-9-11-21(19,20)13-16)12-15-7-5-14(4-2)6-8-15/h5-8,16-18H,3-4,9-13H2,1-2H3. The van der Waals surface area contributed by atoms with Crippen molar-refractivity contribution >= 4 is 9.84 Å². The van der Waals surface area contributed by atoms with Crippen molar-refractivity contribution in [2.24, 2.45) is 5.92 Å². The third-order valence-corrected chi connectivity index (χ3v) is 6.17. The lowest BCUT2D eigenvalue weighted by Gasteiger charge is -2.24. The number of benzene rings is 1. The Morgan fingerprint density at radius 1 is 1.19 bits per heavy atom. The summed E-state index contributed by atoms with van der Waals surface area (Å²) in [7, 11) is -2.81. The summed E-state index contributed by atoms with van der Waals surface area (Å²) in [5.74, 6) is 0.963. The molecule has 0 bridgehead atoms.